The largest absolute Gasteiger partial charge is 0.330 e. The monoisotopic (exact) mass is 166 g/mol. The lowest BCUT2D eigenvalue weighted by Crippen LogP contribution is -2.23. The van der Waals surface area contributed by atoms with Crippen LogP contribution in [0.2, 0.25) is 0 Å². The quantitative estimate of drug-likeness (QED) is 0.478. The van der Waals surface area contributed by atoms with Gasteiger partial charge in [-0.3, -0.25) is 4.79 Å². The van der Waals surface area contributed by atoms with E-state index in [9.17, 15) is 4.79 Å². The third-order valence-corrected chi connectivity index (χ3v) is 2.42. The molecule has 0 saturated carbocycles. The molecule has 0 aromatic heterocycles. The van der Waals surface area contributed by atoms with Gasteiger partial charge in [-0.05, 0) is 30.5 Å². The van der Waals surface area contributed by atoms with E-state index in [-0.39, 0.29) is 5.92 Å². The lowest BCUT2D eigenvalue weighted by atomic mass is 9.90. The highest BCUT2D eigenvalue weighted by atomic mass is 16.1. The smallest absolute Gasteiger partial charge is 0.145 e. The molecule has 66 valence electrons. The molecule has 3 heteroatoms. The minimum Gasteiger partial charge on any atom is -0.330 e. The van der Waals surface area contributed by atoms with E-state index < -0.39 is 0 Å². The lowest BCUT2D eigenvalue weighted by Gasteiger charge is -2.16. The van der Waals surface area contributed by atoms with Gasteiger partial charge in [-0.1, -0.05) is 6.08 Å². The van der Waals surface area contributed by atoms with Gasteiger partial charge in [0.2, 0.25) is 0 Å². The Morgan fingerprint density at radius 3 is 3.00 bits per heavy atom. The topological polar surface area (TPSA) is 66.9 Å². The van der Waals surface area contributed by atoms with Crippen LogP contribution in [0.5, 0.6) is 0 Å². The second-order valence-corrected chi connectivity index (χ2v) is 3.16. The van der Waals surface area contributed by atoms with Gasteiger partial charge in [0.25, 0.3) is 0 Å². The van der Waals surface area contributed by atoms with Crippen LogP contribution >= 0.6 is 0 Å². The summed E-state index contributed by atoms with van der Waals surface area (Å²) in [5.74, 6) is 0.520. The van der Waals surface area contributed by atoms with Crippen molar-refractivity contribution in [1.82, 2.24) is 0 Å². The van der Waals surface area contributed by atoms with Crippen LogP contribution in [0.15, 0.2) is 11.6 Å². The van der Waals surface area contributed by atoms with Crippen molar-refractivity contribution in [3.05, 3.63) is 11.6 Å². The average molecular weight is 166 g/mol. The van der Waals surface area contributed by atoms with Gasteiger partial charge >= 0.3 is 0 Å². The number of rotatable bonds is 4. The lowest BCUT2D eigenvalue weighted by molar-refractivity contribution is -0.105. The Bertz CT molecular complexity index is 211. The number of hydrogen-bond acceptors (Lipinski definition) is 3. The summed E-state index contributed by atoms with van der Waals surface area (Å²) in [5, 5.41) is 7.13. The summed E-state index contributed by atoms with van der Waals surface area (Å²) in [6.45, 7) is 0.508. The van der Waals surface area contributed by atoms with Crippen molar-refractivity contribution in [3.63, 3.8) is 0 Å². The Balaban J connectivity index is 2.48. The number of hydrogen-bond donors (Lipinski definition) is 2. The van der Waals surface area contributed by atoms with Crippen LogP contribution in [0, 0.1) is 17.2 Å². The maximum atomic E-state index is 10.4. The van der Waals surface area contributed by atoms with E-state index in [2.05, 4.69) is 0 Å². The molecule has 0 fully saturated rings. The van der Waals surface area contributed by atoms with Crippen LogP contribution < -0.4 is 5.73 Å². The molecule has 0 heterocycles. The average Bonchev–Trinajstić information content (AvgIpc) is 2.55. The van der Waals surface area contributed by atoms with Crippen LogP contribution in [0.1, 0.15) is 12.8 Å². The summed E-state index contributed by atoms with van der Waals surface area (Å²) in [7, 11) is 0. The second kappa shape index (κ2) is 4.16. The number of allylic oxidation sites excluding steroid dienone is 2. The Hall–Kier alpha value is -0.960. The molecule has 2 atom stereocenters. The van der Waals surface area contributed by atoms with Gasteiger partial charge in [0.05, 0.1) is 0 Å². The predicted octanol–water partition coefficient (Wildman–Crippen LogP) is 0.746. The Labute approximate surface area is 72.2 Å². The molecule has 1 aliphatic rings. The minimum absolute atomic E-state index is 0.138. The molecule has 2 unspecified atom stereocenters. The van der Waals surface area contributed by atoms with E-state index in [1.54, 1.807) is 0 Å². The van der Waals surface area contributed by atoms with Gasteiger partial charge in [-0.2, -0.15) is 0 Å². The zero-order valence-electron chi connectivity index (χ0n) is 6.99. The Morgan fingerprint density at radius 1 is 1.83 bits per heavy atom. The zero-order valence-corrected chi connectivity index (χ0v) is 6.99. The van der Waals surface area contributed by atoms with Crippen molar-refractivity contribution >= 4 is 12.5 Å². The molecule has 12 heavy (non-hydrogen) atoms. The molecular formula is C9H14N2O. The summed E-state index contributed by atoms with van der Waals surface area (Å²) in [5.41, 5.74) is 6.35. The number of nitrogens with one attached hydrogen (secondary N) is 1. The predicted molar refractivity (Wildman–Crippen MR) is 48.2 cm³/mol. The third kappa shape index (κ3) is 1.80. The van der Waals surface area contributed by atoms with Gasteiger partial charge in [0, 0.05) is 12.5 Å². The summed E-state index contributed by atoms with van der Waals surface area (Å²) in [4.78, 5) is 10.4. The Morgan fingerprint density at radius 2 is 2.58 bits per heavy atom. The number of carbonyl (C=O) groups excluding carboxylic acids is 1. The molecule has 0 spiro atoms. The van der Waals surface area contributed by atoms with Crippen LogP contribution in [-0.4, -0.2) is 19.0 Å². The maximum Gasteiger partial charge on any atom is 0.145 e. The first-order valence-corrected chi connectivity index (χ1v) is 4.16. The van der Waals surface area contributed by atoms with Crippen molar-refractivity contribution in [2.24, 2.45) is 17.6 Å². The fourth-order valence-corrected chi connectivity index (χ4v) is 1.59. The summed E-state index contributed by atoms with van der Waals surface area (Å²) in [6, 6.07) is 0. The molecule has 3 nitrogen and oxygen atoms in total. The first-order valence-electron chi connectivity index (χ1n) is 4.16. The third-order valence-electron chi connectivity index (χ3n) is 2.42. The van der Waals surface area contributed by atoms with E-state index in [4.69, 9.17) is 11.1 Å². The van der Waals surface area contributed by atoms with Crippen LogP contribution in [0.25, 0.3) is 0 Å². The molecule has 0 aromatic rings. The summed E-state index contributed by atoms with van der Waals surface area (Å²) >= 11 is 0. The number of aldehydes is 1. The molecule has 0 radical (unpaired) electrons. The molecular weight excluding hydrogens is 152 g/mol. The molecule has 0 bridgehead atoms. The molecule has 1 rings (SSSR count). The van der Waals surface area contributed by atoms with Gasteiger partial charge in [0.1, 0.15) is 6.29 Å². The van der Waals surface area contributed by atoms with Crippen molar-refractivity contribution in [2.75, 3.05) is 6.54 Å². The van der Waals surface area contributed by atoms with E-state index in [1.807, 2.05) is 6.08 Å². The van der Waals surface area contributed by atoms with Gasteiger partial charge < -0.3 is 11.1 Å². The van der Waals surface area contributed by atoms with Gasteiger partial charge in [0.15, 0.2) is 0 Å². The highest BCUT2D eigenvalue weighted by Gasteiger charge is 2.22. The van der Waals surface area contributed by atoms with E-state index in [1.165, 1.54) is 6.21 Å². The van der Waals surface area contributed by atoms with Crippen molar-refractivity contribution < 1.29 is 4.79 Å². The SMILES string of the molecule is N=CC(CN)C1CC=C(C=O)C1. The van der Waals surface area contributed by atoms with E-state index >= 15 is 0 Å². The molecule has 0 aromatic carbocycles. The second-order valence-electron chi connectivity index (χ2n) is 3.16. The van der Waals surface area contributed by atoms with Crippen molar-refractivity contribution in [3.8, 4) is 0 Å². The highest BCUT2D eigenvalue weighted by Crippen LogP contribution is 2.28. The summed E-state index contributed by atoms with van der Waals surface area (Å²) in [6.07, 6.45) is 5.93. The van der Waals surface area contributed by atoms with Crippen LogP contribution in [0.3, 0.4) is 0 Å². The first kappa shape index (κ1) is 9.13. The molecule has 1 aliphatic carbocycles. The van der Waals surface area contributed by atoms with Crippen LogP contribution in [-0.2, 0) is 4.79 Å². The first-order chi connectivity index (χ1) is 5.81. The fourth-order valence-electron chi connectivity index (χ4n) is 1.59. The van der Waals surface area contributed by atoms with Crippen molar-refractivity contribution in [1.29, 1.82) is 5.41 Å². The normalized spacial score (nSPS) is 24.8. The molecule has 0 amide bonds. The number of nitrogens with two attached hydrogens (primary N) is 1. The van der Waals surface area contributed by atoms with Crippen molar-refractivity contribution in [2.45, 2.75) is 12.8 Å². The fraction of sp³-hybridized carbons (Fsp3) is 0.556. The molecule has 0 saturated heterocycles. The maximum absolute atomic E-state index is 10.4. The Kier molecular flexibility index (Phi) is 3.17. The molecule has 3 N–H and O–H groups in total. The van der Waals surface area contributed by atoms with Gasteiger partial charge in [-0.25, -0.2) is 0 Å². The van der Waals surface area contributed by atoms with E-state index in [0.29, 0.717) is 12.5 Å². The van der Waals surface area contributed by atoms with E-state index in [0.717, 1.165) is 24.7 Å². The number of carbonyl (C=O) groups is 1. The summed E-state index contributed by atoms with van der Waals surface area (Å²) < 4.78 is 0. The standard InChI is InChI=1S/C9H14N2O/c10-4-9(5-11)8-2-1-7(3-8)6-12/h1,4,6,8-10H,2-3,5,11H2. The molecule has 0 aliphatic heterocycles. The minimum atomic E-state index is 0.138. The zero-order chi connectivity index (χ0) is 8.97. The van der Waals surface area contributed by atoms with Crippen LogP contribution in [0.4, 0.5) is 0 Å². The van der Waals surface area contributed by atoms with Gasteiger partial charge in [-0.15, -0.1) is 0 Å². The highest BCUT2D eigenvalue weighted by molar-refractivity contribution is 5.74.